The lowest BCUT2D eigenvalue weighted by atomic mass is 10.0. The molecule has 38 heavy (non-hydrogen) atoms. The minimum absolute atomic E-state index is 0.0148. The minimum atomic E-state index is -0.988. The van der Waals surface area contributed by atoms with E-state index in [0.717, 1.165) is 30.5 Å². The first kappa shape index (κ1) is 27.1. The maximum atomic E-state index is 13.0. The van der Waals surface area contributed by atoms with Gasteiger partial charge in [-0.1, -0.05) is 12.1 Å². The molecule has 0 aromatic heterocycles. The summed E-state index contributed by atoms with van der Waals surface area (Å²) in [7, 11) is 1.57. The van der Waals surface area contributed by atoms with Crippen LogP contribution in [-0.4, -0.2) is 73.6 Å². The summed E-state index contributed by atoms with van der Waals surface area (Å²) in [5.74, 6) is 1.80. The van der Waals surface area contributed by atoms with Gasteiger partial charge >= 0.3 is 5.97 Å². The summed E-state index contributed by atoms with van der Waals surface area (Å²) in [6, 6.07) is 11.1. The third-order valence-corrected chi connectivity index (χ3v) is 6.98. The summed E-state index contributed by atoms with van der Waals surface area (Å²) >= 11 is 0. The number of likely N-dealkylation sites (tertiary alicyclic amines) is 1. The molecule has 204 valence electrons. The summed E-state index contributed by atoms with van der Waals surface area (Å²) < 4.78 is 23.4. The fourth-order valence-corrected chi connectivity index (χ4v) is 4.86. The lowest BCUT2D eigenvalue weighted by Gasteiger charge is -2.21. The van der Waals surface area contributed by atoms with Crippen LogP contribution in [0, 0.1) is 10.8 Å². The molecule has 2 aromatic carbocycles. The Labute approximate surface area is 223 Å². The molecule has 0 saturated carbocycles. The smallest absolute Gasteiger partial charge is 0.352 e. The number of methoxy groups -OCH3 is 1. The maximum Gasteiger partial charge on any atom is 0.352 e. The zero-order valence-corrected chi connectivity index (χ0v) is 22.3. The van der Waals surface area contributed by atoms with E-state index in [9.17, 15) is 4.79 Å². The summed E-state index contributed by atoms with van der Waals surface area (Å²) in [6.45, 7) is 6.57. The molecule has 2 atom stereocenters. The number of nitrogens with zero attached hydrogens (tertiary/aromatic N) is 2. The van der Waals surface area contributed by atoms with Gasteiger partial charge in [0.2, 0.25) is 6.10 Å². The zero-order valence-electron chi connectivity index (χ0n) is 22.3. The number of esters is 1. The fourth-order valence-electron chi connectivity index (χ4n) is 4.86. The average molecular weight is 524 g/mol. The Morgan fingerprint density at radius 1 is 1.05 bits per heavy atom. The van der Waals surface area contributed by atoms with Gasteiger partial charge in [-0.05, 0) is 62.1 Å². The molecule has 10 nitrogen and oxygen atoms in total. The van der Waals surface area contributed by atoms with Crippen LogP contribution < -0.4 is 19.9 Å². The number of guanidine groups is 1. The molecule has 10 heteroatoms. The van der Waals surface area contributed by atoms with Crippen LogP contribution in [0.4, 0.5) is 0 Å². The first-order chi connectivity index (χ1) is 18.3. The van der Waals surface area contributed by atoms with E-state index in [1.54, 1.807) is 21.0 Å². The molecule has 0 bridgehead atoms. The molecular formula is C28H37N5O5. The number of rotatable bonds is 8. The molecule has 1 fully saturated rings. The summed E-state index contributed by atoms with van der Waals surface area (Å²) in [5.41, 5.74) is 8.53. The Balaban J connectivity index is 1.54. The van der Waals surface area contributed by atoms with Gasteiger partial charge in [0.25, 0.3) is 0 Å². The van der Waals surface area contributed by atoms with E-state index in [1.165, 1.54) is 0 Å². The van der Waals surface area contributed by atoms with Gasteiger partial charge in [0, 0.05) is 31.6 Å². The molecule has 0 radical (unpaired) electrons. The molecule has 2 aliphatic rings. The number of hydrogen-bond donors (Lipinski definition) is 3. The van der Waals surface area contributed by atoms with E-state index < -0.39 is 12.1 Å². The van der Waals surface area contributed by atoms with Crippen LogP contribution in [0.3, 0.4) is 0 Å². The van der Waals surface area contributed by atoms with E-state index in [0.29, 0.717) is 54.7 Å². The van der Waals surface area contributed by atoms with Crippen LogP contribution in [0.15, 0.2) is 36.4 Å². The number of hydrogen-bond acceptors (Lipinski definition) is 7. The van der Waals surface area contributed by atoms with Crippen molar-refractivity contribution in [2.45, 2.75) is 45.3 Å². The van der Waals surface area contributed by atoms with Crippen molar-refractivity contribution in [3.63, 3.8) is 0 Å². The van der Waals surface area contributed by atoms with Crippen LogP contribution in [0.5, 0.6) is 17.2 Å². The van der Waals surface area contributed by atoms with Crippen molar-refractivity contribution >= 4 is 17.8 Å². The lowest BCUT2D eigenvalue weighted by molar-refractivity contribution is -0.151. The number of benzene rings is 2. The van der Waals surface area contributed by atoms with Crippen molar-refractivity contribution in [2.24, 2.45) is 5.73 Å². The molecule has 4 N–H and O–H groups in total. The maximum absolute atomic E-state index is 13.0. The molecule has 1 saturated heterocycles. The van der Waals surface area contributed by atoms with Crippen LogP contribution >= 0.6 is 0 Å². The third kappa shape index (κ3) is 6.30. The Hall–Kier alpha value is -3.95. The first-order valence-electron chi connectivity index (χ1n) is 13.0. The average Bonchev–Trinajstić information content (AvgIpc) is 3.27. The number of carbonyl (C=O) groups is 1. The highest BCUT2D eigenvalue weighted by molar-refractivity contribution is 5.77. The normalized spacial score (nSPS) is 17.7. The van der Waals surface area contributed by atoms with Crippen LogP contribution in [0.1, 0.15) is 43.1 Å². The van der Waals surface area contributed by atoms with E-state index in [2.05, 4.69) is 0 Å². The second-order valence-corrected chi connectivity index (χ2v) is 9.52. The lowest BCUT2D eigenvalue weighted by Crippen LogP contribution is -2.38. The molecule has 0 aliphatic carbocycles. The molecular weight excluding hydrogens is 486 g/mol. The van der Waals surface area contributed by atoms with Gasteiger partial charge in [0.1, 0.15) is 11.9 Å². The number of amidine groups is 1. The van der Waals surface area contributed by atoms with E-state index in [1.807, 2.05) is 46.2 Å². The SMILES string of the molecule is CCOC(=O)C(Oc1cc2c(cc1OC)CCN(C(=N)N)CC2)c1ccc(OC2CCN(C(C)=N)C2)cc1. The van der Waals surface area contributed by atoms with Crippen molar-refractivity contribution < 1.29 is 23.7 Å². The Morgan fingerprint density at radius 3 is 2.26 bits per heavy atom. The molecule has 2 aromatic rings. The van der Waals surface area contributed by atoms with E-state index in [-0.39, 0.29) is 18.7 Å². The Morgan fingerprint density at radius 2 is 1.71 bits per heavy atom. The van der Waals surface area contributed by atoms with Gasteiger partial charge in [0.15, 0.2) is 17.5 Å². The monoisotopic (exact) mass is 523 g/mol. The zero-order chi connectivity index (χ0) is 27.2. The quantitative estimate of drug-likeness (QED) is 0.273. The van der Waals surface area contributed by atoms with Crippen LogP contribution in [-0.2, 0) is 22.4 Å². The Kier molecular flexibility index (Phi) is 8.60. The first-order valence-corrected chi connectivity index (χ1v) is 13.0. The van der Waals surface area contributed by atoms with Gasteiger partial charge < -0.3 is 34.5 Å². The Bertz CT molecular complexity index is 1170. The molecule has 2 aliphatic heterocycles. The predicted molar refractivity (Wildman–Crippen MR) is 144 cm³/mol. The summed E-state index contributed by atoms with van der Waals surface area (Å²) in [6.07, 6.45) is 1.31. The third-order valence-electron chi connectivity index (χ3n) is 6.98. The van der Waals surface area contributed by atoms with Crippen molar-refractivity contribution in [1.29, 1.82) is 10.8 Å². The van der Waals surface area contributed by atoms with E-state index >= 15 is 0 Å². The number of fused-ring (bicyclic) bond motifs is 1. The van der Waals surface area contributed by atoms with Gasteiger partial charge in [-0.25, -0.2) is 4.79 Å². The molecule has 2 heterocycles. The van der Waals surface area contributed by atoms with E-state index in [4.69, 9.17) is 35.5 Å². The van der Waals surface area contributed by atoms with Crippen molar-refractivity contribution in [1.82, 2.24) is 9.80 Å². The van der Waals surface area contributed by atoms with Gasteiger partial charge in [-0.3, -0.25) is 10.8 Å². The van der Waals surface area contributed by atoms with Gasteiger partial charge in [0.05, 0.1) is 26.1 Å². The molecule has 2 unspecified atom stereocenters. The van der Waals surface area contributed by atoms with Gasteiger partial charge in [-0.15, -0.1) is 0 Å². The number of ether oxygens (including phenoxy) is 4. The number of carbonyl (C=O) groups excluding carboxylic acids is 1. The second kappa shape index (κ2) is 12.1. The predicted octanol–water partition coefficient (Wildman–Crippen LogP) is 3.12. The second-order valence-electron chi connectivity index (χ2n) is 9.52. The van der Waals surface area contributed by atoms with Crippen molar-refractivity contribution in [3.8, 4) is 17.2 Å². The van der Waals surface area contributed by atoms with Crippen molar-refractivity contribution in [2.75, 3.05) is 39.9 Å². The number of nitrogens with one attached hydrogen (secondary N) is 2. The fraction of sp³-hybridized carbons (Fsp3) is 0.464. The molecule has 4 rings (SSSR count). The molecule has 0 spiro atoms. The number of nitrogens with two attached hydrogens (primary N) is 1. The van der Waals surface area contributed by atoms with Crippen LogP contribution in [0.2, 0.25) is 0 Å². The largest absolute Gasteiger partial charge is 0.493 e. The van der Waals surface area contributed by atoms with Gasteiger partial charge in [-0.2, -0.15) is 0 Å². The highest BCUT2D eigenvalue weighted by atomic mass is 16.6. The molecule has 0 amide bonds. The topological polar surface area (TPSA) is 134 Å². The minimum Gasteiger partial charge on any atom is -0.493 e. The summed E-state index contributed by atoms with van der Waals surface area (Å²) in [4.78, 5) is 16.8. The highest BCUT2D eigenvalue weighted by Gasteiger charge is 2.28. The standard InChI is InChI=1S/C28H37N5O5/c1-4-36-27(34)26(19-5-7-22(8-6-19)37-23-11-14-33(17-23)18(2)29)38-25-16-21-10-13-32(28(30)31)12-9-20(21)15-24(25)35-3/h5-8,15-16,23,26,29H,4,9-14,17H2,1-3H3,(H3,30,31). The van der Waals surface area contributed by atoms with Crippen LogP contribution in [0.25, 0.3) is 0 Å². The summed E-state index contributed by atoms with van der Waals surface area (Å²) in [5, 5.41) is 15.6. The highest BCUT2D eigenvalue weighted by Crippen LogP contribution is 2.36. The van der Waals surface area contributed by atoms with Crippen molar-refractivity contribution in [3.05, 3.63) is 53.1 Å².